The third kappa shape index (κ3) is 2.30. The molecule has 3 rings (SSSR count). The van der Waals surface area contributed by atoms with Crippen LogP contribution in [-0.2, 0) is 11.3 Å². The standard InChI is InChI=1S/C15H14BrN3O/c16-11-4-5-13-14(7-11)19(15(20)9-18-13)12-3-1-2-10(6-12)8-17/h1-7,18H,8-9,17H2. The minimum absolute atomic E-state index is 0.0183. The Labute approximate surface area is 125 Å². The molecule has 0 aliphatic carbocycles. The van der Waals surface area contributed by atoms with Gasteiger partial charge in [0.15, 0.2) is 0 Å². The second-order valence-corrected chi connectivity index (χ2v) is 5.53. The summed E-state index contributed by atoms with van der Waals surface area (Å²) >= 11 is 3.45. The summed E-state index contributed by atoms with van der Waals surface area (Å²) < 4.78 is 0.938. The molecule has 1 heterocycles. The number of hydrogen-bond donors (Lipinski definition) is 2. The van der Waals surface area contributed by atoms with E-state index in [-0.39, 0.29) is 5.91 Å². The van der Waals surface area contributed by atoms with Crippen LogP contribution in [0.25, 0.3) is 0 Å². The van der Waals surface area contributed by atoms with E-state index in [1.807, 2.05) is 42.5 Å². The van der Waals surface area contributed by atoms with Gasteiger partial charge in [-0.15, -0.1) is 0 Å². The van der Waals surface area contributed by atoms with Gasteiger partial charge in [-0.3, -0.25) is 9.69 Å². The summed E-state index contributed by atoms with van der Waals surface area (Å²) in [5, 5.41) is 3.13. The number of anilines is 3. The molecule has 0 unspecified atom stereocenters. The quantitative estimate of drug-likeness (QED) is 0.889. The number of nitrogens with two attached hydrogens (primary N) is 1. The number of fused-ring (bicyclic) bond motifs is 1. The topological polar surface area (TPSA) is 58.4 Å². The minimum atomic E-state index is 0.0183. The number of carbonyl (C=O) groups excluding carboxylic acids is 1. The predicted molar refractivity (Wildman–Crippen MR) is 84.1 cm³/mol. The normalized spacial score (nSPS) is 13.9. The lowest BCUT2D eigenvalue weighted by molar-refractivity contribution is -0.116. The maximum Gasteiger partial charge on any atom is 0.250 e. The van der Waals surface area contributed by atoms with Gasteiger partial charge >= 0.3 is 0 Å². The molecule has 0 fully saturated rings. The van der Waals surface area contributed by atoms with Crippen molar-refractivity contribution in [2.45, 2.75) is 6.54 Å². The zero-order valence-electron chi connectivity index (χ0n) is 10.8. The molecule has 0 saturated heterocycles. The van der Waals surface area contributed by atoms with Gasteiger partial charge in [0.25, 0.3) is 5.91 Å². The molecule has 0 bridgehead atoms. The lowest BCUT2D eigenvalue weighted by Crippen LogP contribution is -2.36. The second-order valence-electron chi connectivity index (χ2n) is 4.62. The Bertz CT molecular complexity index is 672. The van der Waals surface area contributed by atoms with Gasteiger partial charge in [-0.2, -0.15) is 0 Å². The van der Waals surface area contributed by atoms with E-state index in [2.05, 4.69) is 21.2 Å². The number of nitrogens with zero attached hydrogens (tertiary/aromatic N) is 1. The highest BCUT2D eigenvalue weighted by molar-refractivity contribution is 9.10. The number of amides is 1. The molecule has 3 N–H and O–H groups in total. The number of nitrogens with one attached hydrogen (secondary N) is 1. The maximum atomic E-state index is 12.3. The maximum absolute atomic E-state index is 12.3. The Morgan fingerprint density at radius 1 is 1.25 bits per heavy atom. The average Bonchev–Trinajstić information content (AvgIpc) is 2.47. The molecule has 2 aromatic rings. The summed E-state index contributed by atoms with van der Waals surface area (Å²) in [4.78, 5) is 14.0. The van der Waals surface area contributed by atoms with Gasteiger partial charge in [-0.1, -0.05) is 28.1 Å². The molecule has 1 amide bonds. The minimum Gasteiger partial charge on any atom is -0.374 e. The number of benzene rings is 2. The zero-order chi connectivity index (χ0) is 14.1. The Kier molecular flexibility index (Phi) is 3.46. The first kappa shape index (κ1) is 13.1. The van der Waals surface area contributed by atoms with Crippen molar-refractivity contribution in [3.63, 3.8) is 0 Å². The van der Waals surface area contributed by atoms with Crippen LogP contribution in [0.1, 0.15) is 5.56 Å². The van der Waals surface area contributed by atoms with E-state index in [4.69, 9.17) is 5.73 Å². The fourth-order valence-corrected chi connectivity index (χ4v) is 2.68. The zero-order valence-corrected chi connectivity index (χ0v) is 12.4. The van der Waals surface area contributed by atoms with Crippen LogP contribution < -0.4 is 16.0 Å². The van der Waals surface area contributed by atoms with Crippen molar-refractivity contribution in [3.8, 4) is 0 Å². The van der Waals surface area contributed by atoms with Crippen molar-refractivity contribution in [2.75, 3.05) is 16.8 Å². The molecule has 0 spiro atoms. The second kappa shape index (κ2) is 5.26. The van der Waals surface area contributed by atoms with Crippen LogP contribution in [0.4, 0.5) is 17.1 Å². The molecule has 0 saturated carbocycles. The van der Waals surface area contributed by atoms with Gasteiger partial charge in [0, 0.05) is 16.7 Å². The number of rotatable bonds is 2. The van der Waals surface area contributed by atoms with Crippen LogP contribution in [0.15, 0.2) is 46.9 Å². The molecule has 2 aromatic carbocycles. The lowest BCUT2D eigenvalue weighted by Gasteiger charge is -2.30. The highest BCUT2D eigenvalue weighted by Gasteiger charge is 2.25. The van der Waals surface area contributed by atoms with Crippen LogP contribution in [0.5, 0.6) is 0 Å². The molecular weight excluding hydrogens is 318 g/mol. The summed E-state index contributed by atoms with van der Waals surface area (Å²) in [6.07, 6.45) is 0. The summed E-state index contributed by atoms with van der Waals surface area (Å²) in [6, 6.07) is 13.6. The van der Waals surface area contributed by atoms with Crippen LogP contribution in [0.2, 0.25) is 0 Å². The summed E-state index contributed by atoms with van der Waals surface area (Å²) in [6.45, 7) is 0.751. The lowest BCUT2D eigenvalue weighted by atomic mass is 10.1. The molecule has 20 heavy (non-hydrogen) atoms. The van der Waals surface area contributed by atoms with Gasteiger partial charge in [-0.25, -0.2) is 0 Å². The van der Waals surface area contributed by atoms with Crippen LogP contribution >= 0.6 is 15.9 Å². The van der Waals surface area contributed by atoms with Crippen molar-refractivity contribution in [1.29, 1.82) is 0 Å². The van der Waals surface area contributed by atoms with Crippen molar-refractivity contribution in [3.05, 3.63) is 52.5 Å². The highest BCUT2D eigenvalue weighted by Crippen LogP contribution is 2.37. The third-order valence-corrected chi connectivity index (χ3v) is 3.78. The SMILES string of the molecule is NCc1cccc(N2C(=O)CNc3ccc(Br)cc32)c1. The molecule has 5 heteroatoms. The fraction of sp³-hybridized carbons (Fsp3) is 0.133. The van der Waals surface area contributed by atoms with Gasteiger partial charge in [0.1, 0.15) is 0 Å². The highest BCUT2D eigenvalue weighted by atomic mass is 79.9. The van der Waals surface area contributed by atoms with Crippen molar-refractivity contribution in [2.24, 2.45) is 5.73 Å². The Hall–Kier alpha value is -1.85. The number of hydrogen-bond acceptors (Lipinski definition) is 3. The Balaban J connectivity index is 2.12. The summed E-state index contributed by atoms with van der Waals surface area (Å²) in [5.74, 6) is 0.0183. The molecular formula is C15H14BrN3O. The van der Waals surface area contributed by atoms with E-state index in [1.54, 1.807) is 4.90 Å². The van der Waals surface area contributed by atoms with Gasteiger partial charge in [-0.05, 0) is 35.9 Å². The van der Waals surface area contributed by atoms with Crippen LogP contribution in [0.3, 0.4) is 0 Å². The largest absolute Gasteiger partial charge is 0.374 e. The first-order valence-corrected chi connectivity index (χ1v) is 7.14. The van der Waals surface area contributed by atoms with E-state index < -0.39 is 0 Å². The van der Waals surface area contributed by atoms with Gasteiger partial charge in [0.05, 0.1) is 17.9 Å². The van der Waals surface area contributed by atoms with E-state index in [9.17, 15) is 4.79 Å². The van der Waals surface area contributed by atoms with Crippen molar-refractivity contribution in [1.82, 2.24) is 0 Å². The Morgan fingerprint density at radius 3 is 2.90 bits per heavy atom. The first-order valence-electron chi connectivity index (χ1n) is 6.34. The van der Waals surface area contributed by atoms with Crippen molar-refractivity contribution >= 4 is 38.9 Å². The predicted octanol–water partition coefficient (Wildman–Crippen LogP) is 3.00. The van der Waals surface area contributed by atoms with E-state index in [0.717, 1.165) is 27.1 Å². The molecule has 0 radical (unpaired) electrons. The first-order chi connectivity index (χ1) is 9.69. The average molecular weight is 332 g/mol. The number of halogens is 1. The molecule has 1 aliphatic heterocycles. The molecule has 0 atom stereocenters. The van der Waals surface area contributed by atoms with Gasteiger partial charge < -0.3 is 11.1 Å². The fourth-order valence-electron chi connectivity index (χ4n) is 2.33. The molecule has 4 nitrogen and oxygen atoms in total. The van der Waals surface area contributed by atoms with Crippen LogP contribution in [0, 0.1) is 0 Å². The summed E-state index contributed by atoms with van der Waals surface area (Å²) in [7, 11) is 0. The number of carbonyl (C=O) groups is 1. The van der Waals surface area contributed by atoms with E-state index in [1.165, 1.54) is 0 Å². The Morgan fingerprint density at radius 2 is 2.10 bits per heavy atom. The van der Waals surface area contributed by atoms with E-state index >= 15 is 0 Å². The smallest absolute Gasteiger partial charge is 0.250 e. The monoisotopic (exact) mass is 331 g/mol. The third-order valence-electron chi connectivity index (χ3n) is 3.28. The molecule has 1 aliphatic rings. The van der Waals surface area contributed by atoms with E-state index in [0.29, 0.717) is 13.1 Å². The molecule has 102 valence electrons. The molecule has 0 aromatic heterocycles. The van der Waals surface area contributed by atoms with Crippen LogP contribution in [-0.4, -0.2) is 12.5 Å². The van der Waals surface area contributed by atoms with Gasteiger partial charge in [0.2, 0.25) is 0 Å². The van der Waals surface area contributed by atoms with Crippen molar-refractivity contribution < 1.29 is 4.79 Å². The summed E-state index contributed by atoms with van der Waals surface area (Å²) in [5.41, 5.74) is 9.33.